The molecule has 1 aromatic rings. The number of nitrogens with zero attached hydrogens (tertiary/aromatic N) is 2. The predicted molar refractivity (Wildman–Crippen MR) is 88.4 cm³/mol. The largest absolute Gasteiger partial charge is 0.472 e. The van der Waals surface area contributed by atoms with Crippen molar-refractivity contribution >= 4 is 5.91 Å². The second-order valence-corrected chi connectivity index (χ2v) is 7.38. The van der Waals surface area contributed by atoms with E-state index >= 15 is 0 Å². The number of hydrogen-bond donors (Lipinski definition) is 0. The Labute approximate surface area is 138 Å². The molecule has 2 saturated heterocycles. The van der Waals surface area contributed by atoms with E-state index in [2.05, 4.69) is 18.7 Å². The fourth-order valence-electron chi connectivity index (χ4n) is 4.26. The molecule has 1 aromatic heterocycles. The molecule has 5 nitrogen and oxygen atoms in total. The molecule has 0 bridgehead atoms. The van der Waals surface area contributed by atoms with Gasteiger partial charge in [0, 0.05) is 38.8 Å². The summed E-state index contributed by atoms with van der Waals surface area (Å²) in [6.45, 7) is 8.15. The molecule has 128 valence electrons. The van der Waals surface area contributed by atoms with E-state index in [9.17, 15) is 4.79 Å². The molecule has 1 unspecified atom stereocenters. The number of piperidine rings is 1. The number of carbonyl (C=O) groups is 1. The zero-order valence-corrected chi connectivity index (χ0v) is 14.5. The van der Waals surface area contributed by atoms with Gasteiger partial charge in [0.05, 0.1) is 18.4 Å². The van der Waals surface area contributed by atoms with Crippen molar-refractivity contribution in [2.45, 2.75) is 45.2 Å². The van der Waals surface area contributed by atoms with Gasteiger partial charge >= 0.3 is 0 Å². The van der Waals surface area contributed by atoms with E-state index in [1.165, 1.54) is 12.7 Å². The lowest BCUT2D eigenvalue weighted by atomic mass is 9.76. The molecule has 23 heavy (non-hydrogen) atoms. The maximum atomic E-state index is 12.4. The van der Waals surface area contributed by atoms with E-state index in [-0.39, 0.29) is 5.91 Å². The fourth-order valence-corrected chi connectivity index (χ4v) is 4.26. The van der Waals surface area contributed by atoms with Crippen LogP contribution in [0.2, 0.25) is 0 Å². The van der Waals surface area contributed by atoms with Gasteiger partial charge in [-0.05, 0) is 44.6 Å². The van der Waals surface area contributed by atoms with Gasteiger partial charge in [-0.2, -0.15) is 0 Å². The number of furan rings is 1. The number of rotatable bonds is 4. The molecule has 2 aliphatic heterocycles. The van der Waals surface area contributed by atoms with Crippen LogP contribution >= 0.6 is 0 Å². The Hall–Kier alpha value is -1.33. The van der Waals surface area contributed by atoms with Gasteiger partial charge in [-0.15, -0.1) is 0 Å². The molecule has 0 aliphatic carbocycles. The summed E-state index contributed by atoms with van der Waals surface area (Å²) in [6.07, 6.45) is 6.45. The molecule has 5 heteroatoms. The van der Waals surface area contributed by atoms with Gasteiger partial charge in [0.2, 0.25) is 0 Å². The van der Waals surface area contributed by atoms with Crippen LogP contribution in [-0.2, 0) is 4.74 Å². The number of methoxy groups -OCH3 is 1. The van der Waals surface area contributed by atoms with Crippen LogP contribution in [0.5, 0.6) is 0 Å². The molecule has 2 fully saturated rings. The van der Waals surface area contributed by atoms with Crippen molar-refractivity contribution in [1.29, 1.82) is 0 Å². The van der Waals surface area contributed by atoms with Crippen molar-refractivity contribution in [2.75, 3.05) is 33.4 Å². The maximum absolute atomic E-state index is 12.4. The van der Waals surface area contributed by atoms with E-state index in [0.717, 1.165) is 39.1 Å². The minimum atomic E-state index is 0.0979. The topological polar surface area (TPSA) is 45.9 Å². The van der Waals surface area contributed by atoms with Crippen LogP contribution in [0, 0.1) is 5.41 Å². The van der Waals surface area contributed by atoms with Crippen molar-refractivity contribution in [1.82, 2.24) is 9.80 Å². The molecular formula is C18H28N2O3. The van der Waals surface area contributed by atoms with E-state index in [1.54, 1.807) is 19.4 Å². The van der Waals surface area contributed by atoms with Gasteiger partial charge in [0.15, 0.2) is 0 Å². The van der Waals surface area contributed by atoms with Gasteiger partial charge in [0.25, 0.3) is 5.91 Å². The number of ether oxygens (including phenoxy) is 1. The molecule has 0 aromatic carbocycles. The quantitative estimate of drug-likeness (QED) is 0.855. The van der Waals surface area contributed by atoms with Crippen LogP contribution in [0.1, 0.15) is 43.5 Å². The number of amides is 1. The Balaban J connectivity index is 1.63. The number of carbonyl (C=O) groups excluding carboxylic acids is 1. The molecule has 0 saturated carbocycles. The van der Waals surface area contributed by atoms with Crippen LogP contribution < -0.4 is 0 Å². The Kier molecular flexibility index (Phi) is 4.78. The van der Waals surface area contributed by atoms with E-state index in [0.29, 0.717) is 23.1 Å². The first-order valence-corrected chi connectivity index (χ1v) is 8.61. The summed E-state index contributed by atoms with van der Waals surface area (Å²) in [6, 6.07) is 2.80. The summed E-state index contributed by atoms with van der Waals surface area (Å²) < 4.78 is 10.5. The minimum Gasteiger partial charge on any atom is -0.472 e. The highest BCUT2D eigenvalue weighted by atomic mass is 16.5. The Morgan fingerprint density at radius 2 is 2.17 bits per heavy atom. The first-order valence-electron chi connectivity index (χ1n) is 8.61. The van der Waals surface area contributed by atoms with Gasteiger partial charge in [0.1, 0.15) is 6.26 Å². The zero-order chi connectivity index (χ0) is 16.4. The van der Waals surface area contributed by atoms with Crippen LogP contribution in [0.25, 0.3) is 0 Å². The van der Waals surface area contributed by atoms with E-state index < -0.39 is 0 Å². The highest BCUT2D eigenvalue weighted by Gasteiger charge is 2.46. The normalized spacial score (nSPS) is 24.7. The molecule has 1 atom stereocenters. The van der Waals surface area contributed by atoms with Gasteiger partial charge < -0.3 is 14.1 Å². The number of hydrogen-bond acceptors (Lipinski definition) is 4. The SMILES string of the molecule is COCC1CC2(CCN(C(=O)c3ccoc3)CC2)CN1C(C)C. The first kappa shape index (κ1) is 16.5. The maximum Gasteiger partial charge on any atom is 0.257 e. The Morgan fingerprint density at radius 3 is 2.74 bits per heavy atom. The fraction of sp³-hybridized carbons (Fsp3) is 0.722. The summed E-state index contributed by atoms with van der Waals surface area (Å²) in [5.74, 6) is 0.0979. The van der Waals surface area contributed by atoms with Crippen molar-refractivity contribution < 1.29 is 13.9 Å². The van der Waals surface area contributed by atoms with Crippen molar-refractivity contribution in [3.05, 3.63) is 24.2 Å². The van der Waals surface area contributed by atoms with Crippen LogP contribution in [0.15, 0.2) is 23.0 Å². The second kappa shape index (κ2) is 6.65. The predicted octanol–water partition coefficient (Wildman–Crippen LogP) is 2.63. The molecule has 2 aliphatic rings. The Morgan fingerprint density at radius 1 is 1.43 bits per heavy atom. The smallest absolute Gasteiger partial charge is 0.257 e. The molecular weight excluding hydrogens is 292 g/mol. The van der Waals surface area contributed by atoms with Gasteiger partial charge in [-0.3, -0.25) is 9.69 Å². The molecule has 3 rings (SSSR count). The lowest BCUT2D eigenvalue weighted by Crippen LogP contribution is -2.44. The summed E-state index contributed by atoms with van der Waals surface area (Å²) in [7, 11) is 1.79. The summed E-state index contributed by atoms with van der Waals surface area (Å²) in [5.41, 5.74) is 1.01. The third-order valence-electron chi connectivity index (χ3n) is 5.56. The van der Waals surface area contributed by atoms with Crippen molar-refractivity contribution in [3.63, 3.8) is 0 Å². The molecule has 3 heterocycles. The molecule has 0 radical (unpaired) electrons. The summed E-state index contributed by atoms with van der Waals surface area (Å²) >= 11 is 0. The molecule has 1 amide bonds. The first-order chi connectivity index (χ1) is 11.0. The summed E-state index contributed by atoms with van der Waals surface area (Å²) in [4.78, 5) is 17.0. The third-order valence-corrected chi connectivity index (χ3v) is 5.56. The highest BCUT2D eigenvalue weighted by Crippen LogP contribution is 2.44. The average molecular weight is 320 g/mol. The molecule has 0 N–H and O–H groups in total. The van der Waals surface area contributed by atoms with Gasteiger partial charge in [-0.1, -0.05) is 0 Å². The lowest BCUT2D eigenvalue weighted by molar-refractivity contribution is 0.0581. The monoisotopic (exact) mass is 320 g/mol. The van der Waals surface area contributed by atoms with Crippen molar-refractivity contribution in [2.24, 2.45) is 5.41 Å². The standard InChI is InChI=1S/C18H28N2O3/c1-14(2)20-13-18(10-16(20)12-22-3)5-7-19(8-6-18)17(21)15-4-9-23-11-15/h4,9,11,14,16H,5-8,10,12-13H2,1-3H3. The summed E-state index contributed by atoms with van der Waals surface area (Å²) in [5, 5.41) is 0. The van der Waals surface area contributed by atoms with E-state index in [4.69, 9.17) is 9.15 Å². The molecule has 1 spiro atoms. The van der Waals surface area contributed by atoms with Gasteiger partial charge in [-0.25, -0.2) is 0 Å². The van der Waals surface area contributed by atoms with Crippen molar-refractivity contribution in [3.8, 4) is 0 Å². The Bertz CT molecular complexity index is 518. The van der Waals surface area contributed by atoms with Crippen LogP contribution in [-0.4, -0.2) is 61.1 Å². The van der Waals surface area contributed by atoms with Crippen LogP contribution in [0.3, 0.4) is 0 Å². The second-order valence-electron chi connectivity index (χ2n) is 7.38. The highest BCUT2D eigenvalue weighted by molar-refractivity contribution is 5.93. The minimum absolute atomic E-state index is 0.0979. The van der Waals surface area contributed by atoms with E-state index in [1.807, 2.05) is 4.90 Å². The average Bonchev–Trinajstić information content (AvgIpc) is 3.17. The number of likely N-dealkylation sites (tertiary alicyclic amines) is 2. The zero-order valence-electron chi connectivity index (χ0n) is 14.5. The van der Waals surface area contributed by atoms with Crippen LogP contribution in [0.4, 0.5) is 0 Å². The lowest BCUT2D eigenvalue weighted by Gasteiger charge is -2.39. The third kappa shape index (κ3) is 3.31.